The van der Waals surface area contributed by atoms with Crippen LogP contribution in [0.2, 0.25) is 0 Å². The van der Waals surface area contributed by atoms with Crippen LogP contribution in [0.5, 0.6) is 11.5 Å². The lowest BCUT2D eigenvalue weighted by Gasteiger charge is -2.45. The predicted octanol–water partition coefficient (Wildman–Crippen LogP) is 8.26. The topological polar surface area (TPSA) is 35.5 Å². The molecule has 0 bridgehead atoms. The van der Waals surface area contributed by atoms with Crippen LogP contribution in [0, 0.1) is 47.1 Å². The molecule has 0 saturated heterocycles. The standard InChI is InChI=1S/C30H42F2O3/c1-3-5-15-34-29-27(31)18-26(19-28(29)32)35-30(33)22-11-9-21(10-12-22)24-14-13-23-16-20(6-4-2)7-8-25(23)17-24/h3,5,18-25H,4,6-17H2,1-2H3/b5-3+. The summed E-state index contributed by atoms with van der Waals surface area (Å²) in [4.78, 5) is 12.7. The zero-order chi connectivity index (χ0) is 24.8. The molecule has 35 heavy (non-hydrogen) atoms. The SMILES string of the molecule is C/C=C/COc1c(F)cc(OC(=O)C2CCC(C3CCC4CC(CCC)CCC4C3)CC2)cc1F. The molecule has 5 heteroatoms. The smallest absolute Gasteiger partial charge is 0.314 e. The van der Waals surface area contributed by atoms with E-state index in [4.69, 9.17) is 9.47 Å². The number of fused-ring (bicyclic) bond motifs is 1. The Morgan fingerprint density at radius 1 is 0.914 bits per heavy atom. The first kappa shape index (κ1) is 26.2. The Morgan fingerprint density at radius 3 is 2.17 bits per heavy atom. The van der Waals surface area contributed by atoms with Gasteiger partial charge in [0.2, 0.25) is 0 Å². The van der Waals surface area contributed by atoms with Crippen molar-refractivity contribution in [2.45, 2.75) is 90.9 Å². The molecule has 194 valence electrons. The molecule has 0 aromatic heterocycles. The normalized spacial score (nSPS) is 31.2. The Labute approximate surface area is 209 Å². The second-order valence-corrected chi connectivity index (χ2v) is 11.2. The third-order valence-corrected chi connectivity index (χ3v) is 8.98. The van der Waals surface area contributed by atoms with Crippen molar-refractivity contribution in [3.05, 3.63) is 35.9 Å². The van der Waals surface area contributed by atoms with Crippen molar-refractivity contribution in [1.82, 2.24) is 0 Å². The van der Waals surface area contributed by atoms with Crippen LogP contribution in [0.25, 0.3) is 0 Å². The lowest BCUT2D eigenvalue weighted by atomic mass is 9.60. The molecule has 0 N–H and O–H groups in total. The number of benzene rings is 1. The second kappa shape index (κ2) is 12.4. The molecule has 0 amide bonds. The van der Waals surface area contributed by atoms with Crippen LogP contribution in [0.3, 0.4) is 0 Å². The van der Waals surface area contributed by atoms with E-state index in [1.54, 1.807) is 19.1 Å². The van der Waals surface area contributed by atoms with E-state index in [-0.39, 0.29) is 24.2 Å². The van der Waals surface area contributed by atoms with Gasteiger partial charge < -0.3 is 9.47 Å². The molecule has 3 aliphatic carbocycles. The van der Waals surface area contributed by atoms with Gasteiger partial charge in [0, 0.05) is 12.1 Å². The third-order valence-electron chi connectivity index (χ3n) is 8.98. The van der Waals surface area contributed by atoms with E-state index in [9.17, 15) is 13.6 Å². The van der Waals surface area contributed by atoms with Crippen LogP contribution >= 0.6 is 0 Å². The van der Waals surface area contributed by atoms with Crippen molar-refractivity contribution in [2.75, 3.05) is 6.61 Å². The number of allylic oxidation sites excluding steroid dienone is 1. The molecule has 1 aromatic rings. The maximum atomic E-state index is 14.3. The number of carbonyl (C=O) groups excluding carboxylic acids is 1. The summed E-state index contributed by atoms with van der Waals surface area (Å²) in [6, 6.07) is 2.07. The van der Waals surface area contributed by atoms with Crippen LogP contribution in [0.4, 0.5) is 8.78 Å². The monoisotopic (exact) mass is 488 g/mol. The van der Waals surface area contributed by atoms with Crippen molar-refractivity contribution in [3.63, 3.8) is 0 Å². The minimum absolute atomic E-state index is 0.0779. The summed E-state index contributed by atoms with van der Waals surface area (Å²) in [5.41, 5.74) is 0. The fourth-order valence-electron chi connectivity index (χ4n) is 7.11. The summed E-state index contributed by atoms with van der Waals surface area (Å²) >= 11 is 0. The second-order valence-electron chi connectivity index (χ2n) is 11.2. The number of hydrogen-bond donors (Lipinski definition) is 0. The van der Waals surface area contributed by atoms with Gasteiger partial charge in [0.1, 0.15) is 12.4 Å². The highest BCUT2D eigenvalue weighted by Gasteiger charge is 2.39. The number of ether oxygens (including phenoxy) is 2. The Bertz CT molecular complexity index is 851. The lowest BCUT2D eigenvalue weighted by Crippen LogP contribution is -2.35. The number of hydrogen-bond acceptors (Lipinski definition) is 3. The molecule has 0 heterocycles. The Kier molecular flexibility index (Phi) is 9.24. The van der Waals surface area contributed by atoms with Crippen LogP contribution in [0.1, 0.15) is 90.9 Å². The van der Waals surface area contributed by atoms with Gasteiger partial charge in [0.25, 0.3) is 0 Å². The van der Waals surface area contributed by atoms with Crippen LogP contribution in [0.15, 0.2) is 24.3 Å². The minimum atomic E-state index is -0.861. The van der Waals surface area contributed by atoms with Crippen molar-refractivity contribution < 1.29 is 23.0 Å². The molecule has 3 aliphatic rings. The van der Waals surface area contributed by atoms with Crippen molar-refractivity contribution in [3.8, 4) is 11.5 Å². The van der Waals surface area contributed by atoms with Gasteiger partial charge in [-0.15, -0.1) is 0 Å². The van der Waals surface area contributed by atoms with E-state index < -0.39 is 17.4 Å². The summed E-state index contributed by atoms with van der Waals surface area (Å²) in [6.07, 6.45) is 18.3. The van der Waals surface area contributed by atoms with Crippen LogP contribution in [-0.2, 0) is 4.79 Å². The van der Waals surface area contributed by atoms with Gasteiger partial charge in [-0.2, -0.15) is 0 Å². The Balaban J connectivity index is 1.24. The van der Waals surface area contributed by atoms with E-state index in [0.717, 1.165) is 61.5 Å². The summed E-state index contributed by atoms with van der Waals surface area (Å²) in [5.74, 6) is 1.50. The molecule has 4 rings (SSSR count). The van der Waals surface area contributed by atoms with Gasteiger partial charge in [-0.05, 0) is 94.3 Å². The minimum Gasteiger partial charge on any atom is -0.483 e. The van der Waals surface area contributed by atoms with Crippen molar-refractivity contribution >= 4 is 5.97 Å². The molecular weight excluding hydrogens is 446 g/mol. The van der Waals surface area contributed by atoms with E-state index in [2.05, 4.69) is 6.92 Å². The average Bonchev–Trinajstić information content (AvgIpc) is 2.86. The maximum absolute atomic E-state index is 14.3. The molecule has 0 aliphatic heterocycles. The van der Waals surface area contributed by atoms with E-state index in [1.807, 2.05) is 0 Å². The quantitative estimate of drug-likeness (QED) is 0.210. The molecule has 4 atom stereocenters. The molecule has 3 nitrogen and oxygen atoms in total. The van der Waals surface area contributed by atoms with Crippen molar-refractivity contribution in [2.24, 2.45) is 35.5 Å². The van der Waals surface area contributed by atoms with Crippen molar-refractivity contribution in [1.29, 1.82) is 0 Å². The largest absolute Gasteiger partial charge is 0.483 e. The van der Waals surface area contributed by atoms with Crippen LogP contribution < -0.4 is 9.47 Å². The number of halogens is 2. The Hall–Kier alpha value is -1.91. The summed E-state index contributed by atoms with van der Waals surface area (Å²) < 4.78 is 39.1. The summed E-state index contributed by atoms with van der Waals surface area (Å²) in [7, 11) is 0. The molecular formula is C30H42F2O3. The zero-order valence-electron chi connectivity index (χ0n) is 21.4. The number of carbonyl (C=O) groups is 1. The van der Waals surface area contributed by atoms with Crippen LogP contribution in [-0.4, -0.2) is 12.6 Å². The van der Waals surface area contributed by atoms with E-state index >= 15 is 0 Å². The Morgan fingerprint density at radius 2 is 1.51 bits per heavy atom. The molecule has 4 unspecified atom stereocenters. The fourth-order valence-corrected chi connectivity index (χ4v) is 7.11. The fraction of sp³-hybridized carbons (Fsp3) is 0.700. The highest BCUT2D eigenvalue weighted by atomic mass is 19.1. The molecule has 3 saturated carbocycles. The van der Waals surface area contributed by atoms with Gasteiger partial charge in [0.15, 0.2) is 17.4 Å². The first-order chi connectivity index (χ1) is 17.0. The van der Waals surface area contributed by atoms with Gasteiger partial charge in [-0.25, -0.2) is 8.78 Å². The zero-order valence-corrected chi connectivity index (χ0v) is 21.4. The molecule has 3 fully saturated rings. The first-order valence-corrected chi connectivity index (χ1v) is 13.9. The number of esters is 1. The molecule has 0 radical (unpaired) electrons. The van der Waals surface area contributed by atoms with E-state index in [1.165, 1.54) is 51.4 Å². The first-order valence-electron chi connectivity index (χ1n) is 13.9. The highest BCUT2D eigenvalue weighted by molar-refractivity contribution is 5.75. The molecule has 0 spiro atoms. The van der Waals surface area contributed by atoms with Gasteiger partial charge in [0.05, 0.1) is 5.92 Å². The summed E-state index contributed by atoms with van der Waals surface area (Å²) in [5, 5.41) is 0. The number of rotatable bonds is 8. The van der Waals surface area contributed by atoms with Gasteiger partial charge in [-0.1, -0.05) is 38.3 Å². The van der Waals surface area contributed by atoms with Gasteiger partial charge >= 0.3 is 5.97 Å². The average molecular weight is 489 g/mol. The maximum Gasteiger partial charge on any atom is 0.314 e. The van der Waals surface area contributed by atoms with Gasteiger partial charge in [-0.3, -0.25) is 4.79 Å². The predicted molar refractivity (Wildman–Crippen MR) is 134 cm³/mol. The third kappa shape index (κ3) is 6.65. The summed E-state index contributed by atoms with van der Waals surface area (Å²) in [6.45, 7) is 4.19. The molecule has 1 aromatic carbocycles. The van der Waals surface area contributed by atoms with E-state index in [0.29, 0.717) is 5.92 Å². The highest BCUT2D eigenvalue weighted by Crippen LogP contribution is 2.49. The lowest BCUT2D eigenvalue weighted by molar-refractivity contribution is -0.140.